The van der Waals surface area contributed by atoms with E-state index in [1.54, 1.807) is 0 Å². The molecule has 0 aliphatic rings. The van der Waals surface area contributed by atoms with Crippen LogP contribution >= 0.6 is 11.3 Å². The van der Waals surface area contributed by atoms with E-state index in [1.807, 2.05) is 59.3 Å². The number of hydrogen-bond acceptors (Lipinski definition) is 5. The average molecular weight is 350 g/mol. The van der Waals surface area contributed by atoms with Gasteiger partial charge in [-0.15, -0.1) is 5.10 Å². The molecule has 2 aromatic heterocycles. The van der Waals surface area contributed by atoms with Gasteiger partial charge < -0.3 is 9.73 Å². The minimum absolute atomic E-state index is 0.0663. The van der Waals surface area contributed by atoms with E-state index < -0.39 is 6.03 Å². The number of amides is 2. The molecule has 2 heterocycles. The number of fused-ring (bicyclic) bond motifs is 1. The summed E-state index contributed by atoms with van der Waals surface area (Å²) in [4.78, 5) is 12.1. The lowest BCUT2D eigenvalue weighted by Gasteiger charge is -2.08. The minimum atomic E-state index is -0.395. The van der Waals surface area contributed by atoms with Crippen molar-refractivity contribution >= 4 is 34.2 Å². The zero-order chi connectivity index (χ0) is 17.1. The van der Waals surface area contributed by atoms with Crippen LogP contribution in [-0.2, 0) is 6.54 Å². The second-order valence-electron chi connectivity index (χ2n) is 5.37. The zero-order valence-corrected chi connectivity index (χ0v) is 13.9. The van der Waals surface area contributed by atoms with Gasteiger partial charge in [-0.3, -0.25) is 5.32 Å². The first-order valence-corrected chi connectivity index (χ1v) is 8.61. The second-order valence-corrected chi connectivity index (χ2v) is 6.15. The number of nitrogens with zero attached hydrogens (tertiary/aromatic N) is 2. The van der Waals surface area contributed by atoms with E-state index in [9.17, 15) is 4.79 Å². The van der Waals surface area contributed by atoms with E-state index in [0.717, 1.165) is 21.9 Å². The Balaban J connectivity index is 1.41. The molecule has 7 heteroatoms. The molecule has 0 atom stereocenters. The largest absolute Gasteiger partial charge is 0.403 e. The van der Waals surface area contributed by atoms with Gasteiger partial charge in [-0.05, 0) is 27.8 Å². The van der Waals surface area contributed by atoms with Crippen molar-refractivity contribution < 1.29 is 9.21 Å². The first kappa shape index (κ1) is 15.3. The molecule has 6 nitrogen and oxygen atoms in total. The van der Waals surface area contributed by atoms with Crippen LogP contribution < -0.4 is 10.6 Å². The van der Waals surface area contributed by atoms with E-state index in [0.29, 0.717) is 12.4 Å². The molecule has 0 aliphatic carbocycles. The molecular formula is C18H14N4O2S. The maximum Gasteiger partial charge on any atom is 0.324 e. The number of aromatic nitrogens is 2. The summed E-state index contributed by atoms with van der Waals surface area (Å²) in [7, 11) is 0. The smallest absolute Gasteiger partial charge is 0.324 e. The fourth-order valence-electron chi connectivity index (χ4n) is 2.54. The van der Waals surface area contributed by atoms with Crippen molar-refractivity contribution in [3.8, 4) is 11.5 Å². The van der Waals surface area contributed by atoms with Crippen LogP contribution in [0.3, 0.4) is 0 Å². The molecule has 0 spiro atoms. The molecule has 0 saturated carbocycles. The number of rotatable bonds is 4. The van der Waals surface area contributed by atoms with Crippen LogP contribution in [0.1, 0.15) is 5.56 Å². The summed E-state index contributed by atoms with van der Waals surface area (Å²) in [6.45, 7) is 0.401. The van der Waals surface area contributed by atoms with Gasteiger partial charge in [0.25, 0.3) is 5.89 Å². The molecule has 2 aromatic carbocycles. The third-order valence-corrected chi connectivity index (χ3v) is 4.42. The first-order chi connectivity index (χ1) is 12.3. The van der Waals surface area contributed by atoms with Crippen LogP contribution in [0.4, 0.5) is 10.8 Å². The predicted octanol–water partition coefficient (Wildman–Crippen LogP) is 4.27. The summed E-state index contributed by atoms with van der Waals surface area (Å²) in [5.74, 6) is 0.380. The van der Waals surface area contributed by atoms with E-state index in [1.165, 1.54) is 11.3 Å². The number of carbonyl (C=O) groups is 1. The van der Waals surface area contributed by atoms with Gasteiger partial charge in [0.05, 0.1) is 0 Å². The lowest BCUT2D eigenvalue weighted by atomic mass is 10.0. The molecule has 124 valence electrons. The van der Waals surface area contributed by atoms with Crippen LogP contribution in [0.5, 0.6) is 0 Å². The van der Waals surface area contributed by atoms with Crippen molar-refractivity contribution in [3.05, 3.63) is 64.9 Å². The quantitative estimate of drug-likeness (QED) is 0.576. The van der Waals surface area contributed by atoms with Crippen molar-refractivity contribution in [1.82, 2.24) is 15.5 Å². The number of anilines is 1. The highest BCUT2D eigenvalue weighted by molar-refractivity contribution is 7.08. The highest BCUT2D eigenvalue weighted by Crippen LogP contribution is 2.22. The second kappa shape index (κ2) is 6.74. The van der Waals surface area contributed by atoms with Gasteiger partial charge in [0.15, 0.2) is 0 Å². The number of thiophene rings is 1. The van der Waals surface area contributed by atoms with Gasteiger partial charge in [-0.2, -0.15) is 11.3 Å². The Hall–Kier alpha value is -3.19. The molecule has 0 bridgehead atoms. The molecule has 4 aromatic rings. The first-order valence-electron chi connectivity index (χ1n) is 7.67. The molecule has 2 amide bonds. The Morgan fingerprint density at radius 3 is 2.84 bits per heavy atom. The fraction of sp³-hybridized carbons (Fsp3) is 0.0556. The van der Waals surface area contributed by atoms with Gasteiger partial charge in [0.2, 0.25) is 0 Å². The standard InChI is InChI=1S/C18H14N4O2S/c23-17(20-18-22-21-16(24-18)14-8-9-25-11-14)19-10-13-6-3-5-12-4-1-2-7-15(12)13/h1-9,11H,10H2,(H2,19,20,22,23). The summed E-state index contributed by atoms with van der Waals surface area (Å²) in [5, 5.41) is 19.2. The highest BCUT2D eigenvalue weighted by Gasteiger charge is 2.11. The van der Waals surface area contributed by atoms with Crippen molar-refractivity contribution in [2.24, 2.45) is 0 Å². The third kappa shape index (κ3) is 3.36. The Labute approximate surface area is 147 Å². The molecular weight excluding hydrogens is 336 g/mol. The maximum absolute atomic E-state index is 12.1. The molecule has 0 fully saturated rings. The molecule has 2 N–H and O–H groups in total. The van der Waals surface area contributed by atoms with Gasteiger partial charge in [0.1, 0.15) is 0 Å². The summed E-state index contributed by atoms with van der Waals surface area (Å²) in [6.07, 6.45) is 0. The Kier molecular flexibility index (Phi) is 4.14. The molecule has 0 aliphatic heterocycles. The molecule has 25 heavy (non-hydrogen) atoms. The Bertz CT molecular complexity index is 1010. The Morgan fingerprint density at radius 1 is 1.08 bits per heavy atom. The monoisotopic (exact) mass is 350 g/mol. The van der Waals surface area contributed by atoms with Crippen molar-refractivity contribution in [2.45, 2.75) is 6.54 Å². The maximum atomic E-state index is 12.1. The predicted molar refractivity (Wildman–Crippen MR) is 97.4 cm³/mol. The molecule has 4 rings (SSSR count). The summed E-state index contributed by atoms with van der Waals surface area (Å²) in [5.41, 5.74) is 1.87. The van der Waals surface area contributed by atoms with Gasteiger partial charge in [0, 0.05) is 17.5 Å². The van der Waals surface area contributed by atoms with Crippen LogP contribution in [0, 0.1) is 0 Å². The van der Waals surface area contributed by atoms with Crippen molar-refractivity contribution in [3.63, 3.8) is 0 Å². The molecule has 0 radical (unpaired) electrons. The number of benzene rings is 2. The number of urea groups is 1. The van der Waals surface area contributed by atoms with E-state index >= 15 is 0 Å². The SMILES string of the molecule is O=C(NCc1cccc2ccccc12)Nc1nnc(-c2ccsc2)o1. The highest BCUT2D eigenvalue weighted by atomic mass is 32.1. The van der Waals surface area contributed by atoms with Crippen LogP contribution in [0.2, 0.25) is 0 Å². The van der Waals surface area contributed by atoms with Crippen molar-refractivity contribution in [1.29, 1.82) is 0 Å². The summed E-state index contributed by atoms with van der Waals surface area (Å²) in [6, 6.07) is 15.6. The lowest BCUT2D eigenvalue weighted by molar-refractivity contribution is 0.251. The molecule has 0 unspecified atom stereocenters. The normalized spacial score (nSPS) is 10.7. The molecule has 0 saturated heterocycles. The third-order valence-electron chi connectivity index (χ3n) is 3.73. The van der Waals surface area contributed by atoms with Crippen LogP contribution in [0.25, 0.3) is 22.2 Å². The minimum Gasteiger partial charge on any atom is -0.403 e. The van der Waals surface area contributed by atoms with Gasteiger partial charge >= 0.3 is 12.0 Å². The zero-order valence-electron chi connectivity index (χ0n) is 13.1. The van der Waals surface area contributed by atoms with Crippen molar-refractivity contribution in [2.75, 3.05) is 5.32 Å². The van der Waals surface area contributed by atoms with E-state index in [4.69, 9.17) is 4.42 Å². The topological polar surface area (TPSA) is 80.0 Å². The summed E-state index contributed by atoms with van der Waals surface area (Å²) < 4.78 is 5.43. The average Bonchev–Trinajstić information content (AvgIpc) is 3.31. The lowest BCUT2D eigenvalue weighted by Crippen LogP contribution is -2.28. The van der Waals surface area contributed by atoms with E-state index in [2.05, 4.69) is 20.8 Å². The van der Waals surface area contributed by atoms with Gasteiger partial charge in [-0.1, -0.05) is 47.6 Å². The van der Waals surface area contributed by atoms with Crippen LogP contribution in [0.15, 0.2) is 63.7 Å². The number of carbonyl (C=O) groups excluding carboxylic acids is 1. The summed E-state index contributed by atoms with van der Waals surface area (Å²) >= 11 is 1.54. The van der Waals surface area contributed by atoms with Crippen LogP contribution in [-0.4, -0.2) is 16.2 Å². The fourth-order valence-corrected chi connectivity index (χ4v) is 3.17. The number of nitrogens with one attached hydrogen (secondary N) is 2. The Morgan fingerprint density at radius 2 is 1.96 bits per heavy atom. The van der Waals surface area contributed by atoms with Gasteiger partial charge in [-0.25, -0.2) is 4.79 Å². The van der Waals surface area contributed by atoms with E-state index in [-0.39, 0.29) is 6.01 Å². The number of hydrogen-bond donors (Lipinski definition) is 2.